The fourth-order valence-electron chi connectivity index (χ4n) is 2.69. The van der Waals surface area contributed by atoms with Crippen molar-refractivity contribution in [2.45, 2.75) is 11.8 Å². The van der Waals surface area contributed by atoms with Crippen LogP contribution in [0.1, 0.15) is 16.1 Å². The molecule has 1 aromatic carbocycles. The summed E-state index contributed by atoms with van der Waals surface area (Å²) in [5.41, 5.74) is 1.93. The second kappa shape index (κ2) is 7.93. The van der Waals surface area contributed by atoms with E-state index < -0.39 is 28.4 Å². The molecule has 2 heterocycles. The molecule has 0 radical (unpaired) electrons. The van der Waals surface area contributed by atoms with Crippen molar-refractivity contribution in [1.29, 1.82) is 0 Å². The second-order valence-electron chi connectivity index (χ2n) is 6.46. The number of methoxy groups -OCH3 is 1. The molecule has 0 spiro atoms. The summed E-state index contributed by atoms with van der Waals surface area (Å²) in [5, 5.41) is 3.03. The Kier molecular flexibility index (Phi) is 5.73. The van der Waals surface area contributed by atoms with Gasteiger partial charge in [-0.15, -0.1) is 0 Å². The molecule has 3 aromatic rings. The van der Waals surface area contributed by atoms with Gasteiger partial charge in [-0.2, -0.15) is 4.31 Å². The number of likely N-dealkylation sites (N-methyl/N-ethyl adjacent to an activating group) is 1. The number of hydrogen-bond acceptors (Lipinski definition) is 7. The smallest absolute Gasteiger partial charge is 0.354 e. The Morgan fingerprint density at radius 1 is 1.31 bits per heavy atom. The van der Waals surface area contributed by atoms with Crippen LogP contribution in [0.2, 0.25) is 0 Å². The fourth-order valence-corrected chi connectivity index (χ4v) is 4.87. The standard InChI is InChI=1S/C18H20N4O5S2/c1-11-5-6-13-15(7-11)28-18(19-13)20-16(23)10-22(3)29(25,26)12-8-14(17(24)27-4)21(2)9-12/h5-9H,10H2,1-4H3,(H,19,20,23). The first kappa shape index (κ1) is 21.0. The van der Waals surface area contributed by atoms with Crippen LogP contribution in [0.4, 0.5) is 5.13 Å². The lowest BCUT2D eigenvalue weighted by Gasteiger charge is -2.15. The van der Waals surface area contributed by atoms with Crippen molar-refractivity contribution in [1.82, 2.24) is 13.9 Å². The quantitative estimate of drug-likeness (QED) is 0.592. The number of amides is 1. The third kappa shape index (κ3) is 4.31. The lowest BCUT2D eigenvalue weighted by Crippen LogP contribution is -2.34. The Bertz CT molecular complexity index is 1200. The van der Waals surface area contributed by atoms with Crippen LogP contribution in [0, 0.1) is 6.92 Å². The molecule has 29 heavy (non-hydrogen) atoms. The third-order valence-corrected chi connectivity index (χ3v) is 6.94. The van der Waals surface area contributed by atoms with Crippen LogP contribution in [-0.2, 0) is 26.6 Å². The summed E-state index contributed by atoms with van der Waals surface area (Å²) in [7, 11) is 0.0662. The molecule has 3 rings (SSSR count). The van der Waals surface area contributed by atoms with E-state index in [1.54, 1.807) is 0 Å². The van der Waals surface area contributed by atoms with Crippen LogP contribution in [-0.4, -0.2) is 54.9 Å². The summed E-state index contributed by atoms with van der Waals surface area (Å²) in [6.45, 7) is 1.56. The molecule has 1 N–H and O–H groups in total. The van der Waals surface area contributed by atoms with Gasteiger partial charge in [0.25, 0.3) is 0 Å². The Morgan fingerprint density at radius 2 is 2.03 bits per heavy atom. The van der Waals surface area contributed by atoms with E-state index in [-0.39, 0.29) is 10.6 Å². The molecule has 154 valence electrons. The molecule has 0 bridgehead atoms. The number of ether oxygens (including phenoxy) is 1. The van der Waals surface area contributed by atoms with Crippen LogP contribution in [0.5, 0.6) is 0 Å². The van der Waals surface area contributed by atoms with Crippen LogP contribution in [0.25, 0.3) is 10.2 Å². The molecule has 0 saturated heterocycles. The lowest BCUT2D eigenvalue weighted by atomic mass is 10.2. The van der Waals surface area contributed by atoms with E-state index in [2.05, 4.69) is 15.0 Å². The number of hydrogen-bond donors (Lipinski definition) is 1. The summed E-state index contributed by atoms with van der Waals surface area (Å²) in [6.07, 6.45) is 1.30. The molecular weight excluding hydrogens is 416 g/mol. The number of fused-ring (bicyclic) bond motifs is 1. The SMILES string of the molecule is COC(=O)c1cc(S(=O)(=O)N(C)CC(=O)Nc2nc3ccc(C)cc3s2)cn1C. The Morgan fingerprint density at radius 3 is 2.72 bits per heavy atom. The summed E-state index contributed by atoms with van der Waals surface area (Å²) >= 11 is 1.32. The number of anilines is 1. The van der Waals surface area contributed by atoms with Gasteiger partial charge < -0.3 is 14.6 Å². The molecule has 0 fully saturated rings. The number of aromatic nitrogens is 2. The first-order chi connectivity index (χ1) is 13.6. The maximum Gasteiger partial charge on any atom is 0.354 e. The first-order valence-electron chi connectivity index (χ1n) is 8.50. The molecule has 1 amide bonds. The minimum atomic E-state index is -3.97. The zero-order valence-corrected chi connectivity index (χ0v) is 17.9. The van der Waals surface area contributed by atoms with Crippen molar-refractivity contribution in [2.24, 2.45) is 7.05 Å². The molecule has 0 aliphatic carbocycles. The average molecular weight is 437 g/mol. The van der Waals surface area contributed by atoms with Crippen LogP contribution in [0.3, 0.4) is 0 Å². The number of carbonyl (C=O) groups is 2. The molecule has 0 saturated carbocycles. The molecule has 2 aromatic heterocycles. The van der Waals surface area contributed by atoms with Crippen LogP contribution >= 0.6 is 11.3 Å². The number of benzene rings is 1. The van der Waals surface area contributed by atoms with Gasteiger partial charge in [-0.3, -0.25) is 4.79 Å². The first-order valence-corrected chi connectivity index (χ1v) is 10.8. The highest BCUT2D eigenvalue weighted by Gasteiger charge is 2.27. The highest BCUT2D eigenvalue weighted by molar-refractivity contribution is 7.89. The molecular formula is C18H20N4O5S2. The van der Waals surface area contributed by atoms with Crippen molar-refractivity contribution < 1.29 is 22.7 Å². The normalized spacial score (nSPS) is 11.8. The van der Waals surface area contributed by atoms with Gasteiger partial charge in [0.05, 0.1) is 23.9 Å². The predicted molar refractivity (Wildman–Crippen MR) is 110 cm³/mol. The zero-order valence-electron chi connectivity index (χ0n) is 16.3. The van der Waals surface area contributed by atoms with E-state index >= 15 is 0 Å². The van der Waals surface area contributed by atoms with Crippen molar-refractivity contribution in [3.63, 3.8) is 0 Å². The van der Waals surface area contributed by atoms with E-state index in [1.165, 1.54) is 49.4 Å². The number of aryl methyl sites for hydroxylation is 2. The van der Waals surface area contributed by atoms with Crippen LogP contribution in [0.15, 0.2) is 35.4 Å². The van der Waals surface area contributed by atoms with Gasteiger partial charge in [-0.25, -0.2) is 18.2 Å². The highest BCUT2D eigenvalue weighted by Crippen LogP contribution is 2.26. The maximum atomic E-state index is 12.7. The van der Waals surface area contributed by atoms with E-state index in [0.717, 1.165) is 20.1 Å². The van der Waals surface area contributed by atoms with E-state index in [0.29, 0.717) is 5.13 Å². The fraction of sp³-hybridized carbons (Fsp3) is 0.278. The van der Waals surface area contributed by atoms with E-state index in [9.17, 15) is 18.0 Å². The number of esters is 1. The number of nitrogens with one attached hydrogen (secondary N) is 1. The molecule has 9 nitrogen and oxygen atoms in total. The van der Waals surface area contributed by atoms with E-state index in [4.69, 9.17) is 0 Å². The van der Waals surface area contributed by atoms with Crippen molar-refractivity contribution in [3.05, 3.63) is 41.7 Å². The summed E-state index contributed by atoms with van der Waals surface area (Å²) in [6, 6.07) is 6.97. The Balaban J connectivity index is 1.73. The van der Waals surface area contributed by atoms with Gasteiger partial charge >= 0.3 is 5.97 Å². The lowest BCUT2D eigenvalue weighted by molar-refractivity contribution is -0.116. The number of nitrogens with zero attached hydrogens (tertiary/aromatic N) is 3. The highest BCUT2D eigenvalue weighted by atomic mass is 32.2. The molecule has 0 aliphatic rings. The molecule has 11 heteroatoms. The molecule has 0 atom stereocenters. The van der Waals surface area contributed by atoms with Crippen molar-refractivity contribution in [2.75, 3.05) is 26.0 Å². The summed E-state index contributed by atoms with van der Waals surface area (Å²) in [4.78, 5) is 28.3. The van der Waals surface area contributed by atoms with Gasteiger partial charge in [-0.05, 0) is 30.7 Å². The maximum absolute atomic E-state index is 12.7. The van der Waals surface area contributed by atoms with Crippen molar-refractivity contribution >= 4 is 48.6 Å². The summed E-state index contributed by atoms with van der Waals surface area (Å²) in [5.74, 6) is -1.17. The largest absolute Gasteiger partial charge is 0.464 e. The minimum Gasteiger partial charge on any atom is -0.464 e. The van der Waals surface area contributed by atoms with E-state index in [1.807, 2.05) is 25.1 Å². The average Bonchev–Trinajstić information content (AvgIpc) is 3.23. The number of rotatable bonds is 6. The third-order valence-electron chi connectivity index (χ3n) is 4.24. The number of carbonyl (C=O) groups excluding carboxylic acids is 2. The van der Waals surface area contributed by atoms with Crippen molar-refractivity contribution in [3.8, 4) is 0 Å². The van der Waals surface area contributed by atoms with Gasteiger partial charge in [0.15, 0.2) is 5.13 Å². The molecule has 0 unspecified atom stereocenters. The molecule has 0 aliphatic heterocycles. The topological polar surface area (TPSA) is 111 Å². The Labute approximate surface area is 172 Å². The number of sulfonamides is 1. The summed E-state index contributed by atoms with van der Waals surface area (Å²) < 4.78 is 33.3. The van der Waals surface area contributed by atoms with Gasteiger partial charge in [0.2, 0.25) is 15.9 Å². The van der Waals surface area contributed by atoms with Crippen LogP contribution < -0.4 is 5.32 Å². The zero-order chi connectivity index (χ0) is 21.3. The predicted octanol–water partition coefficient (Wildman–Crippen LogP) is 1.99. The number of thiazole rings is 1. The Hall–Kier alpha value is -2.76. The van der Waals surface area contributed by atoms with Gasteiger partial charge in [0, 0.05) is 20.3 Å². The monoisotopic (exact) mass is 436 g/mol. The van der Waals surface area contributed by atoms with Gasteiger partial charge in [0.1, 0.15) is 10.6 Å². The second-order valence-corrected chi connectivity index (χ2v) is 9.54. The minimum absolute atomic E-state index is 0.0914. The van der Waals surface area contributed by atoms with Gasteiger partial charge in [-0.1, -0.05) is 17.4 Å².